The first-order valence-corrected chi connectivity index (χ1v) is 6.71. The summed E-state index contributed by atoms with van der Waals surface area (Å²) in [6, 6.07) is 10.3. The summed E-state index contributed by atoms with van der Waals surface area (Å²) >= 11 is 0. The molecule has 3 heteroatoms. The van der Waals surface area contributed by atoms with Crippen LogP contribution in [0.4, 0.5) is 0 Å². The second-order valence-corrected chi connectivity index (χ2v) is 5.36. The van der Waals surface area contributed by atoms with Crippen LogP contribution in [0.1, 0.15) is 37.7 Å². The van der Waals surface area contributed by atoms with Gasteiger partial charge in [-0.2, -0.15) is 0 Å². The Bertz CT molecular complexity index is 393. The molecular formula is C15H22N2O. The van der Waals surface area contributed by atoms with Crippen LogP contribution in [0.2, 0.25) is 0 Å². The van der Waals surface area contributed by atoms with Crippen molar-refractivity contribution >= 4 is 5.91 Å². The Hall–Kier alpha value is -1.35. The summed E-state index contributed by atoms with van der Waals surface area (Å²) in [6.07, 6.45) is 3.00. The topological polar surface area (TPSA) is 55.1 Å². The molecule has 1 aliphatic carbocycles. The molecule has 0 saturated heterocycles. The maximum atomic E-state index is 12.1. The van der Waals surface area contributed by atoms with Crippen LogP contribution in [-0.4, -0.2) is 19.0 Å². The number of hydrogen-bond acceptors (Lipinski definition) is 2. The summed E-state index contributed by atoms with van der Waals surface area (Å²) < 4.78 is 0. The Morgan fingerprint density at radius 2 is 2.06 bits per heavy atom. The largest absolute Gasteiger partial charge is 0.355 e. The highest BCUT2D eigenvalue weighted by molar-refractivity contribution is 5.83. The highest BCUT2D eigenvalue weighted by Crippen LogP contribution is 2.40. The molecule has 0 aliphatic heterocycles. The van der Waals surface area contributed by atoms with Crippen LogP contribution in [0.3, 0.4) is 0 Å². The van der Waals surface area contributed by atoms with Crippen molar-refractivity contribution in [3.8, 4) is 0 Å². The highest BCUT2D eigenvalue weighted by Gasteiger charge is 2.42. The van der Waals surface area contributed by atoms with E-state index in [0.29, 0.717) is 19.0 Å². The smallest absolute Gasteiger partial charge is 0.227 e. The molecule has 1 amide bonds. The van der Waals surface area contributed by atoms with Gasteiger partial charge in [-0.1, -0.05) is 43.7 Å². The Morgan fingerprint density at radius 1 is 1.39 bits per heavy atom. The van der Waals surface area contributed by atoms with Crippen molar-refractivity contribution in [3.63, 3.8) is 0 Å². The Kier molecular flexibility index (Phi) is 4.02. The summed E-state index contributed by atoms with van der Waals surface area (Å²) in [4.78, 5) is 12.1. The normalized spacial score (nSPS) is 18.8. The second-order valence-electron chi connectivity index (χ2n) is 5.36. The fourth-order valence-electron chi connectivity index (χ4n) is 2.46. The Labute approximate surface area is 109 Å². The van der Waals surface area contributed by atoms with E-state index in [2.05, 4.69) is 24.4 Å². The SMILES string of the molecule is CC(CNC(=O)C1(CN)CCC1)c1ccccc1. The molecule has 3 nitrogen and oxygen atoms in total. The lowest BCUT2D eigenvalue weighted by Gasteiger charge is -2.39. The van der Waals surface area contributed by atoms with Gasteiger partial charge in [0.05, 0.1) is 5.41 Å². The van der Waals surface area contributed by atoms with Crippen LogP contribution in [0.5, 0.6) is 0 Å². The maximum Gasteiger partial charge on any atom is 0.227 e. The van der Waals surface area contributed by atoms with E-state index in [1.54, 1.807) is 0 Å². The molecule has 2 rings (SSSR count). The third-order valence-electron chi connectivity index (χ3n) is 4.12. The number of carbonyl (C=O) groups is 1. The summed E-state index contributed by atoms with van der Waals surface area (Å²) in [5, 5.41) is 3.06. The van der Waals surface area contributed by atoms with E-state index in [4.69, 9.17) is 5.73 Å². The molecule has 0 radical (unpaired) electrons. The molecule has 1 unspecified atom stereocenters. The van der Waals surface area contributed by atoms with Gasteiger partial charge in [-0.05, 0) is 24.3 Å². The molecule has 1 saturated carbocycles. The first-order valence-electron chi connectivity index (χ1n) is 6.71. The van der Waals surface area contributed by atoms with Gasteiger partial charge in [0.15, 0.2) is 0 Å². The molecule has 1 aromatic carbocycles. The first kappa shape index (κ1) is 13.1. The molecule has 18 heavy (non-hydrogen) atoms. The van der Waals surface area contributed by atoms with Crippen molar-refractivity contribution in [2.75, 3.05) is 13.1 Å². The van der Waals surface area contributed by atoms with Crippen molar-refractivity contribution < 1.29 is 4.79 Å². The second kappa shape index (κ2) is 5.53. The molecule has 98 valence electrons. The van der Waals surface area contributed by atoms with E-state index in [9.17, 15) is 4.79 Å². The fraction of sp³-hybridized carbons (Fsp3) is 0.533. The van der Waals surface area contributed by atoms with E-state index < -0.39 is 0 Å². The third kappa shape index (κ3) is 2.56. The van der Waals surface area contributed by atoms with Gasteiger partial charge in [0.25, 0.3) is 0 Å². The number of rotatable bonds is 5. The van der Waals surface area contributed by atoms with Gasteiger partial charge < -0.3 is 11.1 Å². The van der Waals surface area contributed by atoms with Crippen LogP contribution in [0, 0.1) is 5.41 Å². The van der Waals surface area contributed by atoms with E-state index in [1.165, 1.54) is 5.56 Å². The summed E-state index contributed by atoms with van der Waals surface area (Å²) in [6.45, 7) is 3.29. The summed E-state index contributed by atoms with van der Waals surface area (Å²) in [7, 11) is 0. The van der Waals surface area contributed by atoms with Gasteiger partial charge in [0, 0.05) is 13.1 Å². The van der Waals surface area contributed by atoms with Gasteiger partial charge in [0.1, 0.15) is 0 Å². The number of benzene rings is 1. The molecular weight excluding hydrogens is 224 g/mol. The van der Waals surface area contributed by atoms with Gasteiger partial charge in [-0.3, -0.25) is 4.79 Å². The molecule has 1 aliphatic rings. The monoisotopic (exact) mass is 246 g/mol. The zero-order chi connectivity index (χ0) is 13.0. The van der Waals surface area contributed by atoms with Crippen molar-refractivity contribution in [2.45, 2.75) is 32.1 Å². The fourth-order valence-corrected chi connectivity index (χ4v) is 2.46. The predicted octanol–water partition coefficient (Wildman–Crippen LogP) is 2.04. The zero-order valence-corrected chi connectivity index (χ0v) is 11.0. The van der Waals surface area contributed by atoms with E-state index in [0.717, 1.165) is 19.3 Å². The number of nitrogens with one attached hydrogen (secondary N) is 1. The molecule has 0 bridgehead atoms. The van der Waals surface area contributed by atoms with E-state index >= 15 is 0 Å². The summed E-state index contributed by atoms with van der Waals surface area (Å²) in [5.74, 6) is 0.476. The van der Waals surface area contributed by atoms with E-state index in [-0.39, 0.29) is 11.3 Å². The van der Waals surface area contributed by atoms with Crippen LogP contribution in [0.15, 0.2) is 30.3 Å². The van der Waals surface area contributed by atoms with Crippen LogP contribution in [-0.2, 0) is 4.79 Å². The van der Waals surface area contributed by atoms with Gasteiger partial charge in [0.2, 0.25) is 5.91 Å². The lowest BCUT2D eigenvalue weighted by Crippen LogP contribution is -2.50. The Morgan fingerprint density at radius 3 is 2.56 bits per heavy atom. The zero-order valence-electron chi connectivity index (χ0n) is 11.0. The third-order valence-corrected chi connectivity index (χ3v) is 4.12. The quantitative estimate of drug-likeness (QED) is 0.835. The van der Waals surface area contributed by atoms with Crippen molar-refractivity contribution in [2.24, 2.45) is 11.1 Å². The van der Waals surface area contributed by atoms with Gasteiger partial charge in [-0.25, -0.2) is 0 Å². The first-order chi connectivity index (χ1) is 8.68. The molecule has 0 heterocycles. The minimum absolute atomic E-state index is 0.138. The minimum Gasteiger partial charge on any atom is -0.355 e. The van der Waals surface area contributed by atoms with Crippen LogP contribution >= 0.6 is 0 Å². The minimum atomic E-state index is -0.267. The maximum absolute atomic E-state index is 12.1. The lowest BCUT2D eigenvalue weighted by molar-refractivity contribution is -0.135. The van der Waals surface area contributed by atoms with Crippen molar-refractivity contribution in [1.82, 2.24) is 5.32 Å². The van der Waals surface area contributed by atoms with Gasteiger partial charge in [-0.15, -0.1) is 0 Å². The number of amides is 1. The van der Waals surface area contributed by atoms with Crippen LogP contribution < -0.4 is 11.1 Å². The molecule has 0 spiro atoms. The van der Waals surface area contributed by atoms with Crippen molar-refractivity contribution in [1.29, 1.82) is 0 Å². The summed E-state index contributed by atoms with van der Waals surface area (Å²) in [5.41, 5.74) is 6.72. The Balaban J connectivity index is 1.86. The number of carbonyl (C=O) groups excluding carboxylic acids is 1. The predicted molar refractivity (Wildman–Crippen MR) is 73.2 cm³/mol. The average molecular weight is 246 g/mol. The van der Waals surface area contributed by atoms with Crippen LogP contribution in [0.25, 0.3) is 0 Å². The average Bonchev–Trinajstić information content (AvgIpc) is 2.36. The molecule has 1 fully saturated rings. The molecule has 1 aromatic rings. The number of hydrogen-bond donors (Lipinski definition) is 2. The van der Waals surface area contributed by atoms with E-state index in [1.807, 2.05) is 18.2 Å². The molecule has 1 atom stereocenters. The molecule has 3 N–H and O–H groups in total. The standard InChI is InChI=1S/C15H22N2O/c1-12(13-6-3-2-4-7-13)10-17-14(18)15(11-16)8-5-9-15/h2-4,6-7,12H,5,8-11,16H2,1H3,(H,17,18). The lowest BCUT2D eigenvalue weighted by atomic mass is 9.68. The number of nitrogens with two attached hydrogens (primary N) is 1. The highest BCUT2D eigenvalue weighted by atomic mass is 16.2. The van der Waals surface area contributed by atoms with Gasteiger partial charge >= 0.3 is 0 Å². The van der Waals surface area contributed by atoms with Crippen molar-refractivity contribution in [3.05, 3.63) is 35.9 Å². The molecule has 0 aromatic heterocycles.